The Morgan fingerprint density at radius 1 is 1.25 bits per heavy atom. The van der Waals surface area contributed by atoms with Crippen LogP contribution in [-0.2, 0) is 10.2 Å². The van der Waals surface area contributed by atoms with Crippen molar-refractivity contribution in [1.29, 1.82) is 0 Å². The quantitative estimate of drug-likeness (QED) is 0.606. The molecule has 0 aliphatic heterocycles. The molecule has 0 spiro atoms. The van der Waals surface area contributed by atoms with Crippen molar-refractivity contribution in [2.24, 2.45) is 0 Å². The Kier molecular flexibility index (Phi) is 1.53. The minimum atomic E-state index is -0.103. The zero-order valence-electron chi connectivity index (χ0n) is 7.21. The molecule has 1 aromatic rings. The van der Waals surface area contributed by atoms with Gasteiger partial charge in [0, 0.05) is 0 Å². The average molecular weight is 160 g/mol. The van der Waals surface area contributed by atoms with Crippen LogP contribution in [0.1, 0.15) is 24.0 Å². The van der Waals surface area contributed by atoms with Crippen LogP contribution in [-0.4, -0.2) is 6.29 Å². The van der Waals surface area contributed by atoms with Crippen molar-refractivity contribution >= 4 is 6.29 Å². The van der Waals surface area contributed by atoms with Gasteiger partial charge in [-0.2, -0.15) is 0 Å². The van der Waals surface area contributed by atoms with Crippen LogP contribution in [0, 0.1) is 6.92 Å². The van der Waals surface area contributed by atoms with Crippen LogP contribution in [0.2, 0.25) is 0 Å². The second-order valence-corrected chi connectivity index (χ2v) is 3.64. The molecule has 1 fully saturated rings. The minimum Gasteiger partial charge on any atom is -0.302 e. The minimum absolute atomic E-state index is 0.103. The molecule has 1 aliphatic rings. The van der Waals surface area contributed by atoms with Crippen molar-refractivity contribution in [3.05, 3.63) is 35.4 Å². The van der Waals surface area contributed by atoms with Crippen molar-refractivity contribution in [3.63, 3.8) is 0 Å². The lowest BCUT2D eigenvalue weighted by Crippen LogP contribution is -2.06. The van der Waals surface area contributed by atoms with E-state index in [9.17, 15) is 4.79 Å². The van der Waals surface area contributed by atoms with Crippen molar-refractivity contribution in [2.45, 2.75) is 25.2 Å². The predicted octanol–water partition coefficient (Wildman–Crippen LogP) is 2.23. The van der Waals surface area contributed by atoms with E-state index in [1.165, 1.54) is 11.1 Å². The van der Waals surface area contributed by atoms with Crippen LogP contribution in [0.15, 0.2) is 24.3 Å². The van der Waals surface area contributed by atoms with Gasteiger partial charge in [0.2, 0.25) is 0 Å². The number of hydrogen-bond donors (Lipinski definition) is 0. The summed E-state index contributed by atoms with van der Waals surface area (Å²) in [5, 5.41) is 0. The van der Waals surface area contributed by atoms with E-state index < -0.39 is 0 Å². The van der Waals surface area contributed by atoms with E-state index in [1.807, 2.05) is 0 Å². The smallest absolute Gasteiger partial charge is 0.130 e. The summed E-state index contributed by atoms with van der Waals surface area (Å²) in [6, 6.07) is 8.27. The summed E-state index contributed by atoms with van der Waals surface area (Å²) in [6.45, 7) is 2.06. The third kappa shape index (κ3) is 1.06. The number of carbonyl (C=O) groups excluding carboxylic acids is 1. The highest BCUT2D eigenvalue weighted by atomic mass is 16.1. The molecule has 1 nitrogen and oxygen atoms in total. The van der Waals surface area contributed by atoms with E-state index in [1.54, 1.807) is 0 Å². The van der Waals surface area contributed by atoms with Gasteiger partial charge in [-0.25, -0.2) is 0 Å². The summed E-state index contributed by atoms with van der Waals surface area (Å²) in [7, 11) is 0. The third-order valence-electron chi connectivity index (χ3n) is 2.64. The molecule has 2 rings (SSSR count). The lowest BCUT2D eigenvalue weighted by molar-refractivity contribution is -0.109. The summed E-state index contributed by atoms with van der Waals surface area (Å²) >= 11 is 0. The van der Waals surface area contributed by atoms with Gasteiger partial charge in [0.15, 0.2) is 0 Å². The van der Waals surface area contributed by atoms with E-state index >= 15 is 0 Å². The standard InChI is InChI=1S/C11H12O/c1-9-2-4-10(5-3-9)11(8-12)6-7-11/h2-5,8H,6-7H2,1H3. The molecule has 0 heterocycles. The molecule has 1 aliphatic carbocycles. The molecule has 0 amide bonds. The molecule has 0 saturated heterocycles. The fourth-order valence-electron chi connectivity index (χ4n) is 1.49. The number of benzene rings is 1. The van der Waals surface area contributed by atoms with Gasteiger partial charge in [0.25, 0.3) is 0 Å². The number of carbonyl (C=O) groups is 1. The maximum absolute atomic E-state index is 10.8. The van der Waals surface area contributed by atoms with E-state index in [2.05, 4.69) is 31.2 Å². The zero-order valence-corrected chi connectivity index (χ0v) is 7.21. The van der Waals surface area contributed by atoms with E-state index in [0.29, 0.717) is 0 Å². The van der Waals surface area contributed by atoms with Crippen LogP contribution < -0.4 is 0 Å². The molecular weight excluding hydrogens is 148 g/mol. The van der Waals surface area contributed by atoms with E-state index in [-0.39, 0.29) is 5.41 Å². The molecule has 0 atom stereocenters. The summed E-state index contributed by atoms with van der Waals surface area (Å²) in [4.78, 5) is 10.8. The van der Waals surface area contributed by atoms with Gasteiger partial charge in [-0.3, -0.25) is 0 Å². The molecule has 12 heavy (non-hydrogen) atoms. The average Bonchev–Trinajstić information content (AvgIpc) is 2.86. The summed E-state index contributed by atoms with van der Waals surface area (Å²) in [5.41, 5.74) is 2.33. The van der Waals surface area contributed by atoms with E-state index in [4.69, 9.17) is 0 Å². The Balaban J connectivity index is 2.35. The second kappa shape index (κ2) is 2.44. The van der Waals surface area contributed by atoms with Crippen LogP contribution >= 0.6 is 0 Å². The molecule has 0 aromatic heterocycles. The molecular formula is C11H12O. The highest BCUT2D eigenvalue weighted by Gasteiger charge is 2.43. The van der Waals surface area contributed by atoms with Gasteiger partial charge >= 0.3 is 0 Å². The van der Waals surface area contributed by atoms with Gasteiger partial charge in [-0.1, -0.05) is 29.8 Å². The monoisotopic (exact) mass is 160 g/mol. The summed E-state index contributed by atoms with van der Waals surface area (Å²) < 4.78 is 0. The molecule has 1 heteroatoms. The maximum Gasteiger partial charge on any atom is 0.130 e. The molecule has 62 valence electrons. The van der Waals surface area contributed by atoms with Crippen molar-refractivity contribution in [2.75, 3.05) is 0 Å². The SMILES string of the molecule is Cc1ccc(C2(C=O)CC2)cc1. The van der Waals surface area contributed by atoms with Crippen molar-refractivity contribution in [3.8, 4) is 0 Å². The highest BCUT2D eigenvalue weighted by molar-refractivity contribution is 5.73. The first-order valence-corrected chi connectivity index (χ1v) is 4.30. The Morgan fingerprint density at radius 2 is 1.83 bits per heavy atom. The topological polar surface area (TPSA) is 17.1 Å². The highest BCUT2D eigenvalue weighted by Crippen LogP contribution is 2.46. The third-order valence-corrected chi connectivity index (χ3v) is 2.64. The Bertz CT molecular complexity index is 293. The lowest BCUT2D eigenvalue weighted by atomic mass is 9.97. The molecule has 1 aromatic carbocycles. The summed E-state index contributed by atoms with van der Waals surface area (Å²) in [5.74, 6) is 0. The first kappa shape index (κ1) is 7.53. The van der Waals surface area contributed by atoms with Crippen LogP contribution in [0.3, 0.4) is 0 Å². The fraction of sp³-hybridized carbons (Fsp3) is 0.364. The normalized spacial score (nSPS) is 18.8. The molecule has 0 N–H and O–H groups in total. The fourth-order valence-corrected chi connectivity index (χ4v) is 1.49. The maximum atomic E-state index is 10.8. The first-order valence-electron chi connectivity index (χ1n) is 4.30. The van der Waals surface area contributed by atoms with Gasteiger partial charge in [-0.15, -0.1) is 0 Å². The van der Waals surface area contributed by atoms with Crippen LogP contribution in [0.5, 0.6) is 0 Å². The van der Waals surface area contributed by atoms with Crippen molar-refractivity contribution < 1.29 is 4.79 Å². The number of rotatable bonds is 2. The number of hydrogen-bond acceptors (Lipinski definition) is 1. The zero-order chi connectivity index (χ0) is 8.60. The summed E-state index contributed by atoms with van der Waals surface area (Å²) in [6.07, 6.45) is 3.15. The number of aldehydes is 1. The van der Waals surface area contributed by atoms with Crippen LogP contribution in [0.25, 0.3) is 0 Å². The first-order chi connectivity index (χ1) is 5.77. The molecule has 0 unspecified atom stereocenters. The Morgan fingerprint density at radius 3 is 2.25 bits per heavy atom. The van der Waals surface area contributed by atoms with Crippen LogP contribution in [0.4, 0.5) is 0 Å². The predicted molar refractivity (Wildman–Crippen MR) is 48.2 cm³/mol. The van der Waals surface area contributed by atoms with Gasteiger partial charge in [-0.05, 0) is 25.3 Å². The second-order valence-electron chi connectivity index (χ2n) is 3.64. The number of aryl methyl sites for hydroxylation is 1. The largest absolute Gasteiger partial charge is 0.302 e. The van der Waals surface area contributed by atoms with E-state index in [0.717, 1.165) is 19.1 Å². The molecule has 0 bridgehead atoms. The molecule has 0 radical (unpaired) electrons. The Labute approximate surface area is 72.4 Å². The lowest BCUT2D eigenvalue weighted by Gasteiger charge is -2.06. The Hall–Kier alpha value is -1.11. The molecule has 1 saturated carbocycles. The van der Waals surface area contributed by atoms with Gasteiger partial charge in [0.1, 0.15) is 6.29 Å². The van der Waals surface area contributed by atoms with Gasteiger partial charge < -0.3 is 4.79 Å². The van der Waals surface area contributed by atoms with Crippen molar-refractivity contribution in [1.82, 2.24) is 0 Å². The van der Waals surface area contributed by atoms with Gasteiger partial charge in [0.05, 0.1) is 5.41 Å².